The zero-order chi connectivity index (χ0) is 20.5. The quantitative estimate of drug-likeness (QED) is 0.208. The number of aliphatic imine (C=N–C) groups is 1. The molecule has 2 rings (SSSR count). The molecule has 0 bridgehead atoms. The molecule has 2 aromatic rings. The van der Waals surface area contributed by atoms with Gasteiger partial charge in [0.1, 0.15) is 9.88 Å². The van der Waals surface area contributed by atoms with Crippen molar-refractivity contribution in [2.24, 2.45) is 4.99 Å². The van der Waals surface area contributed by atoms with E-state index in [0.717, 1.165) is 16.1 Å². The van der Waals surface area contributed by atoms with E-state index in [1.54, 1.807) is 6.92 Å². The van der Waals surface area contributed by atoms with E-state index in [-0.39, 0.29) is 42.6 Å². The molecule has 29 heavy (non-hydrogen) atoms. The molecule has 0 aliphatic carbocycles. The van der Waals surface area contributed by atoms with Gasteiger partial charge in [0.2, 0.25) is 0 Å². The van der Waals surface area contributed by atoms with Crippen molar-refractivity contribution in [1.29, 1.82) is 0 Å². The molecule has 1 aromatic heterocycles. The van der Waals surface area contributed by atoms with Crippen molar-refractivity contribution in [1.82, 2.24) is 15.6 Å². The Morgan fingerprint density at radius 1 is 1.31 bits per heavy atom. The third-order valence-electron chi connectivity index (χ3n) is 4.04. The first kappa shape index (κ1) is 25.3. The molecule has 0 saturated carbocycles. The Morgan fingerprint density at radius 2 is 2.00 bits per heavy atom. The molecule has 1 unspecified atom stereocenters. The molecule has 0 amide bonds. The van der Waals surface area contributed by atoms with Gasteiger partial charge in [-0.05, 0) is 38.8 Å². The van der Waals surface area contributed by atoms with Crippen molar-refractivity contribution in [2.45, 2.75) is 46.9 Å². The summed E-state index contributed by atoms with van der Waals surface area (Å²) in [6, 6.07) is 7.55. The largest absolute Gasteiger partial charge is 0.462 e. The topological polar surface area (TPSA) is 95.8 Å². The zero-order valence-electron chi connectivity index (χ0n) is 17.2. The van der Waals surface area contributed by atoms with E-state index < -0.39 is 0 Å². The fourth-order valence-corrected chi connectivity index (χ4v) is 3.57. The van der Waals surface area contributed by atoms with Gasteiger partial charge in [0.15, 0.2) is 5.96 Å². The molecule has 0 aliphatic rings. The minimum absolute atomic E-state index is 0. The number of guanidine groups is 1. The monoisotopic (exact) mass is 532 g/mol. The number of nitrogens with zero attached hydrogens (tertiary/aromatic N) is 2. The number of aromatic nitrogens is 1. The summed E-state index contributed by atoms with van der Waals surface area (Å²) in [4.78, 5) is 21.7. The molecule has 1 aromatic carbocycles. The maximum absolute atomic E-state index is 12.0. The summed E-state index contributed by atoms with van der Waals surface area (Å²) < 4.78 is 5.09. The predicted molar refractivity (Wildman–Crippen MR) is 127 cm³/mol. The zero-order valence-corrected chi connectivity index (χ0v) is 20.3. The summed E-state index contributed by atoms with van der Waals surface area (Å²) >= 11 is 1.33. The Hall–Kier alpha value is -1.72. The smallest absolute Gasteiger partial charge is 0.350 e. The van der Waals surface area contributed by atoms with Crippen molar-refractivity contribution < 1.29 is 14.6 Å². The van der Waals surface area contributed by atoms with Gasteiger partial charge >= 0.3 is 5.97 Å². The van der Waals surface area contributed by atoms with Gasteiger partial charge in [-0.15, -0.1) is 35.3 Å². The van der Waals surface area contributed by atoms with Gasteiger partial charge in [-0.2, -0.15) is 0 Å². The van der Waals surface area contributed by atoms with Crippen LogP contribution in [0.15, 0.2) is 29.3 Å². The molecule has 160 valence electrons. The first-order valence-electron chi connectivity index (χ1n) is 9.37. The molecular weight excluding hydrogens is 503 g/mol. The fourth-order valence-electron chi connectivity index (χ4n) is 2.61. The lowest BCUT2D eigenvalue weighted by Gasteiger charge is -2.16. The second kappa shape index (κ2) is 12.8. The fraction of sp³-hybridized carbons (Fsp3) is 0.450. The predicted octanol–water partition coefficient (Wildman–Crippen LogP) is 3.55. The van der Waals surface area contributed by atoms with E-state index >= 15 is 0 Å². The number of ether oxygens (including phenoxy) is 1. The van der Waals surface area contributed by atoms with E-state index in [9.17, 15) is 9.90 Å². The number of hydrogen-bond acceptors (Lipinski definition) is 6. The summed E-state index contributed by atoms with van der Waals surface area (Å²) in [6.45, 7) is 9.05. The van der Waals surface area contributed by atoms with Crippen LogP contribution in [0.3, 0.4) is 0 Å². The molecule has 9 heteroatoms. The summed E-state index contributed by atoms with van der Waals surface area (Å²) in [6.07, 6.45) is 0. The van der Waals surface area contributed by atoms with Crippen LogP contribution >= 0.6 is 35.3 Å². The van der Waals surface area contributed by atoms with Gasteiger partial charge < -0.3 is 20.5 Å². The van der Waals surface area contributed by atoms with Crippen molar-refractivity contribution in [3.05, 3.63) is 51.0 Å². The number of hydrogen-bond donors (Lipinski definition) is 3. The van der Waals surface area contributed by atoms with Crippen molar-refractivity contribution >= 4 is 47.2 Å². The van der Waals surface area contributed by atoms with E-state index in [4.69, 9.17) is 4.74 Å². The van der Waals surface area contributed by atoms with Crippen LogP contribution < -0.4 is 10.6 Å². The maximum Gasteiger partial charge on any atom is 0.350 e. The van der Waals surface area contributed by atoms with Crippen molar-refractivity contribution in [3.63, 3.8) is 0 Å². The summed E-state index contributed by atoms with van der Waals surface area (Å²) in [5, 5.41) is 16.8. The van der Waals surface area contributed by atoms with Gasteiger partial charge in [0.05, 0.1) is 31.5 Å². The lowest BCUT2D eigenvalue weighted by molar-refractivity contribution is 0.0531. The third kappa shape index (κ3) is 7.23. The van der Waals surface area contributed by atoms with E-state index in [2.05, 4.69) is 20.6 Å². The van der Waals surface area contributed by atoms with Crippen LogP contribution in [0.25, 0.3) is 0 Å². The summed E-state index contributed by atoms with van der Waals surface area (Å²) in [7, 11) is 0. The number of rotatable bonds is 8. The molecular formula is C20H29IN4O3S. The summed E-state index contributed by atoms with van der Waals surface area (Å²) in [5.41, 5.74) is 2.51. The number of thiazole rings is 1. The normalized spacial score (nSPS) is 12.1. The maximum atomic E-state index is 12.0. The molecule has 0 saturated heterocycles. The van der Waals surface area contributed by atoms with Crippen LogP contribution in [-0.2, 0) is 17.9 Å². The van der Waals surface area contributed by atoms with Crippen LogP contribution in [0.5, 0.6) is 0 Å². The standard InChI is InChI=1S/C20H28N4O3S.HI/c1-5-21-20(22-11-15-9-7-8-10-16(15)12-25)24-14(4)18-23-13(3)17(28-18)19(26)27-6-2;/h7-10,14,25H,5-6,11-12H2,1-4H3,(H2,21,22,24);1H. The second-order valence-corrected chi connectivity index (χ2v) is 7.21. The number of carbonyl (C=O) groups excluding carboxylic acids is 1. The number of halogens is 1. The van der Waals surface area contributed by atoms with Crippen LogP contribution in [0.4, 0.5) is 0 Å². The number of aliphatic hydroxyl groups excluding tert-OH is 1. The molecule has 3 N–H and O–H groups in total. The molecule has 0 aliphatic heterocycles. The molecule has 1 heterocycles. The van der Waals surface area contributed by atoms with Crippen molar-refractivity contribution in [3.8, 4) is 0 Å². The molecule has 1 atom stereocenters. The number of esters is 1. The highest BCUT2D eigenvalue weighted by atomic mass is 127. The van der Waals surface area contributed by atoms with Crippen LogP contribution in [0, 0.1) is 6.92 Å². The number of aryl methyl sites for hydroxylation is 1. The molecule has 7 nitrogen and oxygen atoms in total. The Labute approximate surface area is 193 Å². The highest BCUT2D eigenvalue weighted by Crippen LogP contribution is 2.24. The molecule has 0 fully saturated rings. The Morgan fingerprint density at radius 3 is 2.62 bits per heavy atom. The van der Waals surface area contributed by atoms with Crippen molar-refractivity contribution in [2.75, 3.05) is 13.2 Å². The molecule has 0 spiro atoms. The highest BCUT2D eigenvalue weighted by molar-refractivity contribution is 14.0. The Balaban J connectivity index is 0.00000420. The average Bonchev–Trinajstić information content (AvgIpc) is 3.08. The average molecular weight is 532 g/mol. The van der Waals surface area contributed by atoms with E-state index in [1.165, 1.54) is 11.3 Å². The number of benzene rings is 1. The third-order valence-corrected chi connectivity index (χ3v) is 5.36. The number of carbonyl (C=O) groups is 1. The highest BCUT2D eigenvalue weighted by Gasteiger charge is 2.20. The summed E-state index contributed by atoms with van der Waals surface area (Å²) in [5.74, 6) is 0.311. The van der Waals surface area contributed by atoms with Crippen LogP contribution in [0.1, 0.15) is 58.3 Å². The SMILES string of the molecule is CCNC(=NCc1ccccc1CO)NC(C)c1nc(C)c(C(=O)OCC)s1.I. The lowest BCUT2D eigenvalue weighted by Crippen LogP contribution is -2.38. The van der Waals surface area contributed by atoms with Gasteiger partial charge in [0.25, 0.3) is 0 Å². The van der Waals surface area contributed by atoms with Gasteiger partial charge in [0, 0.05) is 6.54 Å². The lowest BCUT2D eigenvalue weighted by atomic mass is 10.1. The first-order valence-corrected chi connectivity index (χ1v) is 10.2. The van der Waals surface area contributed by atoms with E-state index in [1.807, 2.05) is 45.0 Å². The number of aliphatic hydroxyl groups is 1. The Bertz CT molecular complexity index is 826. The minimum Gasteiger partial charge on any atom is -0.462 e. The molecule has 0 radical (unpaired) electrons. The van der Waals surface area contributed by atoms with Gasteiger partial charge in [-0.1, -0.05) is 24.3 Å². The van der Waals surface area contributed by atoms with Gasteiger partial charge in [-0.25, -0.2) is 14.8 Å². The number of nitrogens with one attached hydrogen (secondary N) is 2. The minimum atomic E-state index is -0.336. The van der Waals surface area contributed by atoms with Gasteiger partial charge in [-0.3, -0.25) is 0 Å². The Kier molecular flexibility index (Phi) is 11.1. The first-order chi connectivity index (χ1) is 13.5. The van der Waals surface area contributed by atoms with Crippen LogP contribution in [-0.4, -0.2) is 35.2 Å². The van der Waals surface area contributed by atoms with E-state index in [0.29, 0.717) is 36.2 Å². The van der Waals surface area contributed by atoms with Crippen LogP contribution in [0.2, 0.25) is 0 Å². The second-order valence-electron chi connectivity index (χ2n) is 6.18.